The summed E-state index contributed by atoms with van der Waals surface area (Å²) in [4.78, 5) is 8.41. The molecule has 3 aromatic rings. The number of para-hydroxylation sites is 2. The molecule has 1 aromatic carbocycles. The maximum atomic E-state index is 5.60. The standard InChI is InChI=1S/C12H8N2O.C2H6/c1-2-6-11-10(5-1)14-12(15-11)9-4-3-7-13-8-9;1-2/h1-8H;1-2H3. The molecule has 0 amide bonds. The molecule has 0 bridgehead atoms. The van der Waals surface area contributed by atoms with Gasteiger partial charge >= 0.3 is 0 Å². The highest BCUT2D eigenvalue weighted by atomic mass is 16.3. The van der Waals surface area contributed by atoms with Crippen molar-refractivity contribution in [1.82, 2.24) is 9.97 Å². The molecular weight excluding hydrogens is 212 g/mol. The number of benzene rings is 1. The molecule has 0 aliphatic carbocycles. The Morgan fingerprint density at radius 3 is 2.53 bits per heavy atom. The lowest BCUT2D eigenvalue weighted by atomic mass is 10.3. The van der Waals surface area contributed by atoms with Crippen LogP contribution in [-0.2, 0) is 0 Å². The summed E-state index contributed by atoms with van der Waals surface area (Å²) < 4.78 is 5.60. The van der Waals surface area contributed by atoms with Crippen LogP contribution in [0.2, 0.25) is 0 Å². The predicted molar refractivity (Wildman–Crippen MR) is 68.6 cm³/mol. The van der Waals surface area contributed by atoms with Crippen molar-refractivity contribution < 1.29 is 4.42 Å². The Morgan fingerprint density at radius 2 is 1.82 bits per heavy atom. The first-order chi connectivity index (χ1) is 8.43. The second-order valence-electron chi connectivity index (χ2n) is 3.23. The Bertz CT molecular complexity index is 554. The Kier molecular flexibility index (Phi) is 3.50. The minimum Gasteiger partial charge on any atom is -0.436 e. The number of hydrogen-bond acceptors (Lipinski definition) is 3. The Morgan fingerprint density at radius 1 is 1.00 bits per heavy atom. The highest BCUT2D eigenvalue weighted by Crippen LogP contribution is 2.22. The summed E-state index contributed by atoms with van der Waals surface area (Å²) >= 11 is 0. The van der Waals surface area contributed by atoms with Gasteiger partial charge in [0.1, 0.15) is 5.52 Å². The summed E-state index contributed by atoms with van der Waals surface area (Å²) in [7, 11) is 0. The van der Waals surface area contributed by atoms with Crippen molar-refractivity contribution in [2.75, 3.05) is 0 Å². The van der Waals surface area contributed by atoms with E-state index < -0.39 is 0 Å². The third kappa shape index (κ3) is 2.33. The molecule has 3 heteroatoms. The van der Waals surface area contributed by atoms with Crippen LogP contribution in [0.1, 0.15) is 13.8 Å². The fourth-order valence-electron chi connectivity index (χ4n) is 1.48. The van der Waals surface area contributed by atoms with Crippen molar-refractivity contribution >= 4 is 11.1 Å². The first-order valence-corrected chi connectivity index (χ1v) is 5.69. The maximum Gasteiger partial charge on any atom is 0.228 e. The van der Waals surface area contributed by atoms with Gasteiger partial charge in [0, 0.05) is 12.4 Å². The molecule has 0 saturated carbocycles. The van der Waals surface area contributed by atoms with Crippen molar-refractivity contribution in [1.29, 1.82) is 0 Å². The molecule has 2 aromatic heterocycles. The number of rotatable bonds is 1. The van der Waals surface area contributed by atoms with E-state index in [-0.39, 0.29) is 0 Å². The molecule has 0 fully saturated rings. The summed E-state index contributed by atoms with van der Waals surface area (Å²) in [6.45, 7) is 4.00. The molecule has 0 atom stereocenters. The summed E-state index contributed by atoms with van der Waals surface area (Å²) in [5.41, 5.74) is 2.57. The zero-order valence-electron chi connectivity index (χ0n) is 9.92. The minimum atomic E-state index is 0.615. The van der Waals surface area contributed by atoms with Crippen molar-refractivity contribution in [3.63, 3.8) is 0 Å². The predicted octanol–water partition coefficient (Wildman–Crippen LogP) is 3.92. The van der Waals surface area contributed by atoms with E-state index in [0.29, 0.717) is 5.89 Å². The number of fused-ring (bicyclic) bond motifs is 1. The highest BCUT2D eigenvalue weighted by Gasteiger charge is 2.06. The quantitative estimate of drug-likeness (QED) is 0.631. The second-order valence-corrected chi connectivity index (χ2v) is 3.23. The lowest BCUT2D eigenvalue weighted by Gasteiger charge is -1.90. The van der Waals surface area contributed by atoms with Gasteiger partial charge in [-0.1, -0.05) is 26.0 Å². The number of aromatic nitrogens is 2. The van der Waals surface area contributed by atoms with Crippen molar-refractivity contribution in [2.45, 2.75) is 13.8 Å². The van der Waals surface area contributed by atoms with Gasteiger partial charge in [-0.05, 0) is 24.3 Å². The number of pyridine rings is 1. The first kappa shape index (κ1) is 11.3. The molecule has 86 valence electrons. The third-order valence-corrected chi connectivity index (χ3v) is 2.20. The molecule has 0 spiro atoms. The van der Waals surface area contributed by atoms with Gasteiger partial charge in [0.25, 0.3) is 0 Å². The zero-order chi connectivity index (χ0) is 12.1. The largest absolute Gasteiger partial charge is 0.436 e. The average molecular weight is 226 g/mol. The van der Waals surface area contributed by atoms with Gasteiger partial charge in [0.05, 0.1) is 5.56 Å². The van der Waals surface area contributed by atoms with Gasteiger partial charge in [-0.25, -0.2) is 4.98 Å². The molecule has 17 heavy (non-hydrogen) atoms. The molecule has 0 saturated heterocycles. The lowest BCUT2D eigenvalue weighted by molar-refractivity contribution is 0.619. The van der Waals surface area contributed by atoms with Crippen molar-refractivity contribution in [3.05, 3.63) is 48.8 Å². The first-order valence-electron chi connectivity index (χ1n) is 5.69. The Labute approximate surface area is 100 Å². The van der Waals surface area contributed by atoms with E-state index in [1.54, 1.807) is 12.4 Å². The summed E-state index contributed by atoms with van der Waals surface area (Å²) in [6, 6.07) is 11.5. The van der Waals surface area contributed by atoms with E-state index in [0.717, 1.165) is 16.7 Å². The zero-order valence-corrected chi connectivity index (χ0v) is 9.92. The van der Waals surface area contributed by atoms with Crippen LogP contribution in [-0.4, -0.2) is 9.97 Å². The molecule has 0 unspecified atom stereocenters. The molecule has 2 heterocycles. The number of nitrogens with zero attached hydrogens (tertiary/aromatic N) is 2. The van der Waals surface area contributed by atoms with Gasteiger partial charge in [-0.2, -0.15) is 0 Å². The van der Waals surface area contributed by atoms with E-state index in [9.17, 15) is 0 Å². The molecule has 3 rings (SSSR count). The summed E-state index contributed by atoms with van der Waals surface area (Å²) in [5, 5.41) is 0. The molecule has 0 N–H and O–H groups in total. The SMILES string of the molecule is CC.c1cncc(-c2nc3ccccc3o2)c1. The molecular formula is C14H14N2O. The van der Waals surface area contributed by atoms with Gasteiger partial charge in [0.15, 0.2) is 5.58 Å². The number of hydrogen-bond donors (Lipinski definition) is 0. The van der Waals surface area contributed by atoms with Gasteiger partial charge in [0.2, 0.25) is 5.89 Å². The van der Waals surface area contributed by atoms with Crippen LogP contribution in [0.5, 0.6) is 0 Å². The van der Waals surface area contributed by atoms with Gasteiger partial charge in [-0.3, -0.25) is 4.98 Å². The fourth-order valence-corrected chi connectivity index (χ4v) is 1.48. The lowest BCUT2D eigenvalue weighted by Crippen LogP contribution is -1.77. The normalized spacial score (nSPS) is 9.76. The fraction of sp³-hybridized carbons (Fsp3) is 0.143. The van der Waals surface area contributed by atoms with E-state index in [2.05, 4.69) is 9.97 Å². The second kappa shape index (κ2) is 5.25. The van der Waals surface area contributed by atoms with E-state index in [1.165, 1.54) is 0 Å². The Hall–Kier alpha value is -2.16. The minimum absolute atomic E-state index is 0.615. The molecule has 0 radical (unpaired) electrons. The van der Waals surface area contributed by atoms with Gasteiger partial charge < -0.3 is 4.42 Å². The van der Waals surface area contributed by atoms with Crippen molar-refractivity contribution in [2.24, 2.45) is 0 Å². The smallest absolute Gasteiger partial charge is 0.228 e. The average Bonchev–Trinajstić information content (AvgIpc) is 2.86. The maximum absolute atomic E-state index is 5.60. The topological polar surface area (TPSA) is 38.9 Å². The monoisotopic (exact) mass is 226 g/mol. The van der Waals surface area contributed by atoms with E-state index >= 15 is 0 Å². The molecule has 3 nitrogen and oxygen atoms in total. The van der Waals surface area contributed by atoms with Crippen LogP contribution in [0.15, 0.2) is 53.2 Å². The van der Waals surface area contributed by atoms with E-state index in [1.807, 2.05) is 50.2 Å². The summed E-state index contributed by atoms with van der Waals surface area (Å²) in [6.07, 6.45) is 3.47. The van der Waals surface area contributed by atoms with Crippen LogP contribution in [0.4, 0.5) is 0 Å². The van der Waals surface area contributed by atoms with Crippen LogP contribution in [0.25, 0.3) is 22.6 Å². The third-order valence-electron chi connectivity index (χ3n) is 2.20. The molecule has 0 aliphatic rings. The van der Waals surface area contributed by atoms with E-state index in [4.69, 9.17) is 4.42 Å². The van der Waals surface area contributed by atoms with Gasteiger partial charge in [-0.15, -0.1) is 0 Å². The Balaban J connectivity index is 0.000000514. The van der Waals surface area contributed by atoms with Crippen LogP contribution in [0.3, 0.4) is 0 Å². The van der Waals surface area contributed by atoms with Crippen LogP contribution in [0, 0.1) is 0 Å². The number of oxazole rings is 1. The molecule has 0 aliphatic heterocycles. The van der Waals surface area contributed by atoms with Crippen molar-refractivity contribution in [3.8, 4) is 11.5 Å². The van der Waals surface area contributed by atoms with Crippen LogP contribution >= 0.6 is 0 Å². The highest BCUT2D eigenvalue weighted by molar-refractivity contribution is 5.75. The van der Waals surface area contributed by atoms with Crippen LogP contribution < -0.4 is 0 Å². The summed E-state index contributed by atoms with van der Waals surface area (Å²) in [5.74, 6) is 0.615.